The molecule has 2 aliphatic rings. The molecule has 2 aromatic rings. The van der Waals surface area contributed by atoms with Gasteiger partial charge in [-0.3, -0.25) is 9.69 Å². The fourth-order valence-electron chi connectivity index (χ4n) is 5.11. The third kappa shape index (κ3) is 5.11. The molecule has 0 aromatic heterocycles. The minimum atomic E-state index is 0.117. The van der Waals surface area contributed by atoms with Crippen LogP contribution < -0.4 is 5.32 Å². The molecule has 2 aromatic carbocycles. The lowest BCUT2D eigenvalue weighted by molar-refractivity contribution is -0.133. The summed E-state index contributed by atoms with van der Waals surface area (Å²) in [5.41, 5.74) is 2.44. The highest BCUT2D eigenvalue weighted by Gasteiger charge is 2.30. The summed E-state index contributed by atoms with van der Waals surface area (Å²) >= 11 is 0. The molecule has 4 nitrogen and oxygen atoms in total. The van der Waals surface area contributed by atoms with E-state index >= 15 is 0 Å². The highest BCUT2D eigenvalue weighted by Crippen LogP contribution is 2.29. The number of nitrogens with one attached hydrogen (secondary N) is 1. The number of hydrogen-bond donors (Lipinski definition) is 1. The zero-order valence-corrected chi connectivity index (χ0v) is 18.2. The van der Waals surface area contributed by atoms with Gasteiger partial charge in [-0.1, -0.05) is 60.7 Å². The molecule has 0 saturated carbocycles. The first-order valence-corrected chi connectivity index (χ1v) is 11.5. The summed E-state index contributed by atoms with van der Waals surface area (Å²) in [6, 6.07) is 21.5. The van der Waals surface area contributed by atoms with Crippen LogP contribution in [0.4, 0.5) is 0 Å². The number of hydrogen-bond acceptors (Lipinski definition) is 3. The average molecular weight is 406 g/mol. The van der Waals surface area contributed by atoms with Crippen molar-refractivity contribution < 1.29 is 4.79 Å². The first-order chi connectivity index (χ1) is 14.7. The Hall–Kier alpha value is -2.17. The quantitative estimate of drug-likeness (QED) is 0.795. The number of benzene rings is 2. The lowest BCUT2D eigenvalue weighted by Gasteiger charge is -2.42. The van der Waals surface area contributed by atoms with Crippen LogP contribution in [0.2, 0.25) is 0 Å². The molecule has 1 amide bonds. The van der Waals surface area contributed by atoms with Gasteiger partial charge in [0.2, 0.25) is 5.91 Å². The van der Waals surface area contributed by atoms with Gasteiger partial charge in [-0.25, -0.2) is 0 Å². The van der Waals surface area contributed by atoms with Gasteiger partial charge in [0.05, 0.1) is 0 Å². The minimum Gasteiger partial charge on any atom is -0.340 e. The highest BCUT2D eigenvalue weighted by atomic mass is 16.2. The summed E-state index contributed by atoms with van der Waals surface area (Å²) in [4.78, 5) is 17.9. The molecule has 0 aliphatic carbocycles. The number of amides is 1. The smallest absolute Gasteiger partial charge is 0.223 e. The van der Waals surface area contributed by atoms with Crippen molar-refractivity contribution in [3.63, 3.8) is 0 Å². The van der Waals surface area contributed by atoms with Crippen molar-refractivity contribution in [3.8, 4) is 0 Å². The fraction of sp³-hybridized carbons (Fsp3) is 0.500. The molecule has 2 saturated heterocycles. The SMILES string of the molecule is CC(C1CCNCC1)N1CCN(C(=O)CC(c2ccccc2)c2ccccc2)CC1. The van der Waals surface area contributed by atoms with E-state index in [1.165, 1.54) is 24.0 Å². The van der Waals surface area contributed by atoms with Crippen LogP contribution in [0.3, 0.4) is 0 Å². The van der Waals surface area contributed by atoms with Gasteiger partial charge in [-0.05, 0) is 49.9 Å². The van der Waals surface area contributed by atoms with Gasteiger partial charge in [0.15, 0.2) is 0 Å². The van der Waals surface area contributed by atoms with Crippen LogP contribution in [0, 0.1) is 5.92 Å². The summed E-state index contributed by atoms with van der Waals surface area (Å²) in [5.74, 6) is 1.18. The molecule has 1 N–H and O–H groups in total. The Morgan fingerprint density at radius 3 is 1.97 bits per heavy atom. The van der Waals surface area contributed by atoms with Crippen LogP contribution in [-0.2, 0) is 4.79 Å². The van der Waals surface area contributed by atoms with E-state index in [0.29, 0.717) is 12.5 Å². The van der Waals surface area contributed by atoms with Crippen molar-refractivity contribution in [3.05, 3.63) is 71.8 Å². The second-order valence-electron chi connectivity index (χ2n) is 8.82. The van der Waals surface area contributed by atoms with E-state index in [0.717, 1.165) is 45.2 Å². The summed E-state index contributed by atoms with van der Waals surface area (Å²) in [7, 11) is 0. The third-order valence-corrected chi connectivity index (χ3v) is 7.09. The molecule has 2 aliphatic heterocycles. The summed E-state index contributed by atoms with van der Waals surface area (Å²) in [5, 5.41) is 3.47. The number of nitrogens with zero attached hydrogens (tertiary/aromatic N) is 2. The Bertz CT molecular complexity index is 741. The van der Waals surface area contributed by atoms with Gasteiger partial charge < -0.3 is 10.2 Å². The van der Waals surface area contributed by atoms with Crippen molar-refractivity contribution in [2.75, 3.05) is 39.3 Å². The molecule has 2 heterocycles. The predicted octanol–water partition coefficient (Wildman–Crippen LogP) is 3.74. The van der Waals surface area contributed by atoms with E-state index in [2.05, 4.69) is 70.6 Å². The van der Waals surface area contributed by atoms with Crippen molar-refractivity contribution in [1.29, 1.82) is 0 Å². The fourth-order valence-corrected chi connectivity index (χ4v) is 5.11. The molecule has 4 rings (SSSR count). The van der Waals surface area contributed by atoms with Crippen LogP contribution in [0.1, 0.15) is 43.2 Å². The van der Waals surface area contributed by atoms with Crippen LogP contribution in [0.15, 0.2) is 60.7 Å². The van der Waals surface area contributed by atoms with Crippen LogP contribution in [0.25, 0.3) is 0 Å². The Labute approximate surface area is 181 Å². The molecule has 0 bridgehead atoms. The maximum atomic E-state index is 13.2. The Morgan fingerprint density at radius 1 is 0.900 bits per heavy atom. The second-order valence-corrected chi connectivity index (χ2v) is 8.82. The van der Waals surface area contributed by atoms with Crippen molar-refractivity contribution in [2.24, 2.45) is 5.92 Å². The average Bonchev–Trinajstić information content (AvgIpc) is 2.83. The first kappa shape index (κ1) is 21.1. The lowest BCUT2D eigenvalue weighted by Crippen LogP contribution is -2.53. The van der Waals surface area contributed by atoms with Gasteiger partial charge >= 0.3 is 0 Å². The number of rotatable bonds is 6. The van der Waals surface area contributed by atoms with Crippen molar-refractivity contribution in [1.82, 2.24) is 15.1 Å². The molecule has 30 heavy (non-hydrogen) atoms. The zero-order valence-electron chi connectivity index (χ0n) is 18.2. The number of carbonyl (C=O) groups excluding carboxylic acids is 1. The second kappa shape index (κ2) is 10.2. The van der Waals surface area contributed by atoms with Gasteiger partial charge in [-0.15, -0.1) is 0 Å². The van der Waals surface area contributed by atoms with E-state index in [4.69, 9.17) is 0 Å². The van der Waals surface area contributed by atoms with E-state index in [1.807, 2.05) is 12.1 Å². The van der Waals surface area contributed by atoms with Gasteiger partial charge in [0.25, 0.3) is 0 Å². The highest BCUT2D eigenvalue weighted by molar-refractivity contribution is 5.78. The molecule has 2 fully saturated rings. The van der Waals surface area contributed by atoms with Gasteiger partial charge in [0, 0.05) is 44.6 Å². The van der Waals surface area contributed by atoms with E-state index in [-0.39, 0.29) is 11.8 Å². The lowest BCUT2D eigenvalue weighted by atomic mass is 9.88. The number of carbonyl (C=O) groups is 1. The van der Waals surface area contributed by atoms with Crippen LogP contribution in [-0.4, -0.2) is 61.0 Å². The van der Waals surface area contributed by atoms with E-state index < -0.39 is 0 Å². The van der Waals surface area contributed by atoms with Gasteiger partial charge in [-0.2, -0.15) is 0 Å². The van der Waals surface area contributed by atoms with E-state index in [1.54, 1.807) is 0 Å². The maximum absolute atomic E-state index is 13.2. The predicted molar refractivity (Wildman–Crippen MR) is 123 cm³/mol. The summed E-state index contributed by atoms with van der Waals surface area (Å²) < 4.78 is 0. The Balaban J connectivity index is 1.37. The van der Waals surface area contributed by atoms with Crippen molar-refractivity contribution >= 4 is 5.91 Å². The molecule has 1 atom stereocenters. The minimum absolute atomic E-state index is 0.117. The summed E-state index contributed by atoms with van der Waals surface area (Å²) in [6.45, 7) is 8.38. The molecule has 160 valence electrons. The molecule has 0 spiro atoms. The molecule has 1 unspecified atom stereocenters. The first-order valence-electron chi connectivity index (χ1n) is 11.5. The van der Waals surface area contributed by atoms with Gasteiger partial charge in [0.1, 0.15) is 0 Å². The molecule has 4 heteroatoms. The zero-order chi connectivity index (χ0) is 20.8. The standard InChI is InChI=1S/C26H35N3O/c1-21(22-12-14-27-15-13-22)28-16-18-29(19-17-28)26(30)20-25(23-8-4-2-5-9-23)24-10-6-3-7-11-24/h2-11,21-22,25,27H,12-20H2,1H3. The molecular weight excluding hydrogens is 370 g/mol. The van der Waals surface area contributed by atoms with E-state index in [9.17, 15) is 4.79 Å². The van der Waals surface area contributed by atoms with Crippen LogP contribution in [0.5, 0.6) is 0 Å². The summed E-state index contributed by atoms with van der Waals surface area (Å²) in [6.07, 6.45) is 3.09. The Morgan fingerprint density at radius 2 is 1.43 bits per heavy atom. The molecule has 0 radical (unpaired) electrons. The third-order valence-electron chi connectivity index (χ3n) is 7.09. The van der Waals surface area contributed by atoms with Crippen molar-refractivity contribution in [2.45, 2.75) is 38.1 Å². The maximum Gasteiger partial charge on any atom is 0.223 e. The largest absolute Gasteiger partial charge is 0.340 e. The number of piperidine rings is 1. The molecular formula is C26H35N3O. The topological polar surface area (TPSA) is 35.6 Å². The monoisotopic (exact) mass is 405 g/mol. The van der Waals surface area contributed by atoms with Crippen LogP contribution >= 0.6 is 0 Å². The Kier molecular flexibility index (Phi) is 7.19. The normalized spacial score (nSPS) is 19.7. The number of piperazine rings is 1.